The van der Waals surface area contributed by atoms with Crippen LogP contribution in [0.1, 0.15) is 80.4 Å². The van der Waals surface area contributed by atoms with E-state index in [4.69, 9.17) is 0 Å². The number of rotatable bonds is 12. The second-order valence-electron chi connectivity index (χ2n) is 12.2. The second-order valence-corrected chi connectivity index (χ2v) is 12.2. The number of hydrogen-bond acceptors (Lipinski definition) is 6. The van der Waals surface area contributed by atoms with Gasteiger partial charge in [-0.25, -0.2) is 4.98 Å². The van der Waals surface area contributed by atoms with Crippen LogP contribution in [0.15, 0.2) is 66.7 Å². The molecule has 2 heterocycles. The van der Waals surface area contributed by atoms with Crippen molar-refractivity contribution < 1.29 is 24.0 Å². The van der Waals surface area contributed by atoms with Crippen LogP contribution >= 0.6 is 0 Å². The molecule has 1 aliphatic carbocycles. The Bertz CT molecular complexity index is 1540. The van der Waals surface area contributed by atoms with E-state index < -0.39 is 47.5 Å². The van der Waals surface area contributed by atoms with Gasteiger partial charge in [0, 0.05) is 17.8 Å². The molecule has 0 radical (unpaired) electrons. The number of nitrogens with zero attached hydrogens (tertiary/aromatic N) is 1. The average molecular weight is 612 g/mol. The lowest BCUT2D eigenvalue weighted by Gasteiger charge is -2.28. The number of amides is 4. The molecule has 4 N–H and O–H groups in total. The predicted octanol–water partition coefficient (Wildman–Crippen LogP) is 3.76. The van der Waals surface area contributed by atoms with E-state index >= 15 is 0 Å². The summed E-state index contributed by atoms with van der Waals surface area (Å²) in [7, 11) is 0. The third-order valence-electron chi connectivity index (χ3n) is 8.93. The van der Waals surface area contributed by atoms with E-state index in [0.29, 0.717) is 24.9 Å². The van der Waals surface area contributed by atoms with E-state index in [-0.39, 0.29) is 23.9 Å². The van der Waals surface area contributed by atoms with Crippen LogP contribution in [0, 0.1) is 11.8 Å². The number of carbonyl (C=O) groups excluding carboxylic acids is 5. The molecule has 3 aromatic rings. The van der Waals surface area contributed by atoms with Gasteiger partial charge in [-0.2, -0.15) is 0 Å². The fourth-order valence-corrected chi connectivity index (χ4v) is 6.32. The van der Waals surface area contributed by atoms with Gasteiger partial charge in [0.25, 0.3) is 11.8 Å². The van der Waals surface area contributed by atoms with Crippen molar-refractivity contribution in [2.24, 2.45) is 11.8 Å². The number of fused-ring (bicyclic) bond motifs is 1. The Labute approximate surface area is 263 Å². The summed E-state index contributed by atoms with van der Waals surface area (Å²) < 4.78 is 0. The topological polar surface area (TPSA) is 146 Å². The summed E-state index contributed by atoms with van der Waals surface area (Å²) in [5.41, 5.74) is 1.67. The molecule has 0 spiro atoms. The highest BCUT2D eigenvalue weighted by Crippen LogP contribution is 2.28. The average Bonchev–Trinajstić information content (AvgIpc) is 3.47. The van der Waals surface area contributed by atoms with Crippen LogP contribution < -0.4 is 21.3 Å². The molecular formula is C35H41N5O5. The lowest BCUT2D eigenvalue weighted by atomic mass is 9.84. The number of pyridine rings is 1. The van der Waals surface area contributed by atoms with Crippen molar-refractivity contribution >= 4 is 40.3 Å². The minimum absolute atomic E-state index is 0.0140. The maximum atomic E-state index is 13.9. The Morgan fingerprint density at radius 2 is 1.56 bits per heavy atom. The van der Waals surface area contributed by atoms with Gasteiger partial charge >= 0.3 is 0 Å². The largest absolute Gasteiger partial charge is 0.356 e. The molecule has 10 heteroatoms. The highest BCUT2D eigenvalue weighted by molar-refractivity contribution is 6.38. The molecule has 4 amide bonds. The number of benzene rings is 2. The standard InChI is InChI=1S/C35H41N5O5/c1-22(24-12-6-3-7-13-24)37-35(45)31(41)29(21-26-18-19-36-32(26)42)39-34(44)30(20-23-10-4-2-5-11-23)40-33(43)28-17-16-25-14-8-9-15-27(25)38-28/h3,6-9,12-17,22-23,26,29-30H,2,4-5,10-11,18-21H2,1H3,(H,36,42)(H,37,45)(H,39,44)(H,40,43)/t22-,26-,29-,30-/m0/s1. The molecular weight excluding hydrogens is 570 g/mol. The molecule has 4 atom stereocenters. The molecule has 10 nitrogen and oxygen atoms in total. The van der Waals surface area contributed by atoms with Gasteiger partial charge in [-0.15, -0.1) is 0 Å². The van der Waals surface area contributed by atoms with Crippen LogP contribution in [0.25, 0.3) is 10.9 Å². The lowest BCUT2D eigenvalue weighted by molar-refractivity contribution is -0.141. The highest BCUT2D eigenvalue weighted by atomic mass is 16.2. The quantitative estimate of drug-likeness (QED) is 0.230. The van der Waals surface area contributed by atoms with Crippen LogP contribution in [0.5, 0.6) is 0 Å². The molecule has 5 rings (SSSR count). The van der Waals surface area contributed by atoms with Crippen molar-refractivity contribution in [2.75, 3.05) is 6.54 Å². The number of nitrogens with one attached hydrogen (secondary N) is 4. The van der Waals surface area contributed by atoms with Gasteiger partial charge < -0.3 is 21.3 Å². The third kappa shape index (κ3) is 8.32. The van der Waals surface area contributed by atoms with Crippen molar-refractivity contribution in [3.63, 3.8) is 0 Å². The van der Waals surface area contributed by atoms with E-state index in [1.807, 2.05) is 60.7 Å². The van der Waals surface area contributed by atoms with E-state index in [9.17, 15) is 24.0 Å². The van der Waals surface area contributed by atoms with Gasteiger partial charge in [0.1, 0.15) is 11.7 Å². The highest BCUT2D eigenvalue weighted by Gasteiger charge is 2.36. The molecule has 2 aliphatic rings. The Morgan fingerprint density at radius 3 is 2.29 bits per heavy atom. The van der Waals surface area contributed by atoms with Gasteiger partial charge in [-0.05, 0) is 49.8 Å². The summed E-state index contributed by atoms with van der Waals surface area (Å²) >= 11 is 0. The van der Waals surface area contributed by atoms with Gasteiger partial charge in [-0.3, -0.25) is 24.0 Å². The van der Waals surface area contributed by atoms with Gasteiger partial charge in [0.05, 0.1) is 17.6 Å². The van der Waals surface area contributed by atoms with Crippen molar-refractivity contribution in [3.8, 4) is 0 Å². The Hall–Kier alpha value is -4.60. The van der Waals surface area contributed by atoms with Crippen molar-refractivity contribution in [3.05, 3.63) is 78.0 Å². The predicted molar refractivity (Wildman–Crippen MR) is 170 cm³/mol. The van der Waals surface area contributed by atoms with Gasteiger partial charge in [-0.1, -0.05) is 86.7 Å². The molecule has 2 aromatic carbocycles. The van der Waals surface area contributed by atoms with E-state index in [1.165, 1.54) is 0 Å². The molecule has 1 aromatic heterocycles. The smallest absolute Gasteiger partial charge is 0.290 e. The molecule has 236 valence electrons. The number of Topliss-reactive ketones (excluding diaryl/α,β-unsaturated/α-hetero) is 1. The maximum absolute atomic E-state index is 13.9. The lowest BCUT2D eigenvalue weighted by Crippen LogP contribution is -2.55. The van der Waals surface area contributed by atoms with Crippen molar-refractivity contribution in [1.82, 2.24) is 26.3 Å². The zero-order valence-electron chi connectivity index (χ0n) is 25.6. The van der Waals surface area contributed by atoms with E-state index in [0.717, 1.165) is 43.1 Å². The Balaban J connectivity index is 1.34. The van der Waals surface area contributed by atoms with Gasteiger partial charge in [0.15, 0.2) is 0 Å². The first kappa shape index (κ1) is 31.8. The zero-order valence-corrected chi connectivity index (χ0v) is 25.6. The molecule has 1 saturated heterocycles. The third-order valence-corrected chi connectivity index (χ3v) is 8.93. The summed E-state index contributed by atoms with van der Waals surface area (Å²) in [6, 6.07) is 17.5. The number of hydrogen-bond donors (Lipinski definition) is 4. The first-order valence-electron chi connectivity index (χ1n) is 15.9. The fraction of sp³-hybridized carbons (Fsp3) is 0.429. The summed E-state index contributed by atoms with van der Waals surface area (Å²) in [5, 5.41) is 12.0. The summed E-state index contributed by atoms with van der Waals surface area (Å²) in [4.78, 5) is 71.0. The first-order chi connectivity index (χ1) is 21.8. The zero-order chi connectivity index (χ0) is 31.8. The number of para-hydroxylation sites is 1. The SMILES string of the molecule is C[C@H](NC(=O)C(=O)[C@H](C[C@@H]1CCNC1=O)NC(=O)[C@H](CC1CCCCC1)NC(=O)c1ccc2ccccc2n1)c1ccccc1. The van der Waals surface area contributed by atoms with Crippen LogP contribution in [0.2, 0.25) is 0 Å². The first-order valence-corrected chi connectivity index (χ1v) is 15.9. The van der Waals surface area contributed by atoms with Crippen LogP contribution in [0.4, 0.5) is 0 Å². The van der Waals surface area contributed by atoms with Crippen molar-refractivity contribution in [1.29, 1.82) is 0 Å². The normalized spacial score (nSPS) is 18.8. The Morgan fingerprint density at radius 1 is 0.822 bits per heavy atom. The molecule has 2 fully saturated rings. The summed E-state index contributed by atoms with van der Waals surface area (Å²) in [5.74, 6) is -3.24. The molecule has 45 heavy (non-hydrogen) atoms. The number of aromatic nitrogens is 1. The minimum atomic E-state index is -1.24. The molecule has 0 bridgehead atoms. The van der Waals surface area contributed by atoms with E-state index in [2.05, 4.69) is 26.3 Å². The maximum Gasteiger partial charge on any atom is 0.290 e. The van der Waals surface area contributed by atoms with Crippen LogP contribution in [0.3, 0.4) is 0 Å². The monoisotopic (exact) mass is 611 g/mol. The summed E-state index contributed by atoms with van der Waals surface area (Å²) in [6.07, 6.45) is 6.00. The molecule has 1 aliphatic heterocycles. The van der Waals surface area contributed by atoms with Crippen LogP contribution in [-0.2, 0) is 19.2 Å². The summed E-state index contributed by atoms with van der Waals surface area (Å²) in [6.45, 7) is 2.24. The van der Waals surface area contributed by atoms with Gasteiger partial charge in [0.2, 0.25) is 17.6 Å². The Kier molecular flexibility index (Phi) is 10.5. The number of carbonyl (C=O) groups is 5. The molecule has 0 unspecified atom stereocenters. The fourth-order valence-electron chi connectivity index (χ4n) is 6.32. The number of ketones is 1. The van der Waals surface area contributed by atoms with E-state index in [1.54, 1.807) is 13.0 Å². The minimum Gasteiger partial charge on any atom is -0.356 e. The molecule has 1 saturated carbocycles. The second kappa shape index (κ2) is 14.9. The van der Waals surface area contributed by atoms with Crippen molar-refractivity contribution in [2.45, 2.75) is 76.4 Å². The van der Waals surface area contributed by atoms with Crippen LogP contribution in [-0.4, -0.2) is 53.0 Å².